The van der Waals surface area contributed by atoms with E-state index in [-0.39, 0.29) is 18.8 Å². The highest BCUT2D eigenvalue weighted by atomic mass is 35.5. The Hall–Kier alpha value is -4.04. The molecule has 0 atom stereocenters. The minimum atomic E-state index is -0.862. The molecule has 0 saturated heterocycles. The first kappa shape index (κ1) is 23.1. The number of benzene rings is 3. The SMILES string of the molecule is Cc1ccc(-n2nc(C(=O)NCc3ccccc3)c(=O)n(Cc3cccc(Cl)c3)c2=O)cc1F. The Kier molecular flexibility index (Phi) is 6.70. The molecular formula is C25H20ClFN4O3. The summed E-state index contributed by atoms with van der Waals surface area (Å²) in [4.78, 5) is 39.3. The first-order valence-corrected chi connectivity index (χ1v) is 10.8. The lowest BCUT2D eigenvalue weighted by Gasteiger charge is -2.13. The quantitative estimate of drug-likeness (QED) is 0.460. The maximum absolute atomic E-state index is 14.2. The van der Waals surface area contributed by atoms with Crippen LogP contribution in [0, 0.1) is 12.7 Å². The molecule has 4 aromatic rings. The fourth-order valence-corrected chi connectivity index (χ4v) is 3.57. The zero-order valence-corrected chi connectivity index (χ0v) is 18.9. The number of aryl methyl sites for hydroxylation is 1. The van der Waals surface area contributed by atoms with Gasteiger partial charge in [-0.1, -0.05) is 60.1 Å². The van der Waals surface area contributed by atoms with Crippen LogP contribution in [0.25, 0.3) is 5.69 Å². The first-order valence-electron chi connectivity index (χ1n) is 10.4. The van der Waals surface area contributed by atoms with Crippen molar-refractivity contribution in [1.82, 2.24) is 19.7 Å². The maximum atomic E-state index is 14.2. The largest absolute Gasteiger partial charge is 0.352 e. The minimum absolute atomic E-state index is 0.0880. The van der Waals surface area contributed by atoms with E-state index in [0.717, 1.165) is 20.9 Å². The van der Waals surface area contributed by atoms with Crippen LogP contribution in [0.5, 0.6) is 0 Å². The van der Waals surface area contributed by atoms with E-state index in [2.05, 4.69) is 10.4 Å². The van der Waals surface area contributed by atoms with Gasteiger partial charge < -0.3 is 5.32 Å². The minimum Gasteiger partial charge on any atom is -0.346 e. The van der Waals surface area contributed by atoms with Gasteiger partial charge in [0.25, 0.3) is 11.5 Å². The van der Waals surface area contributed by atoms with Gasteiger partial charge in [-0.3, -0.25) is 14.2 Å². The van der Waals surface area contributed by atoms with Gasteiger partial charge in [-0.25, -0.2) is 9.18 Å². The number of aromatic nitrogens is 3. The van der Waals surface area contributed by atoms with Crippen LogP contribution in [0.15, 0.2) is 82.4 Å². The van der Waals surface area contributed by atoms with Crippen molar-refractivity contribution in [3.05, 3.63) is 127 Å². The van der Waals surface area contributed by atoms with Gasteiger partial charge in [0.1, 0.15) is 5.82 Å². The molecule has 0 radical (unpaired) electrons. The van der Waals surface area contributed by atoms with Crippen LogP contribution in [0.4, 0.5) is 4.39 Å². The third kappa shape index (κ3) is 4.97. The monoisotopic (exact) mass is 478 g/mol. The highest BCUT2D eigenvalue weighted by molar-refractivity contribution is 6.30. The Bertz CT molecular complexity index is 1480. The van der Waals surface area contributed by atoms with E-state index in [1.165, 1.54) is 12.1 Å². The Balaban J connectivity index is 1.81. The third-order valence-electron chi connectivity index (χ3n) is 5.20. The summed E-state index contributed by atoms with van der Waals surface area (Å²) in [7, 11) is 0. The molecule has 0 unspecified atom stereocenters. The molecule has 1 amide bonds. The molecule has 0 saturated carbocycles. The van der Waals surface area contributed by atoms with Gasteiger partial charge in [-0.05, 0) is 41.8 Å². The van der Waals surface area contributed by atoms with E-state index in [0.29, 0.717) is 16.1 Å². The van der Waals surface area contributed by atoms with E-state index in [1.54, 1.807) is 31.2 Å². The average Bonchev–Trinajstić information content (AvgIpc) is 2.83. The molecule has 7 nitrogen and oxygen atoms in total. The van der Waals surface area contributed by atoms with Gasteiger partial charge in [-0.15, -0.1) is 0 Å². The lowest BCUT2D eigenvalue weighted by atomic mass is 10.2. The van der Waals surface area contributed by atoms with Gasteiger partial charge in [0.15, 0.2) is 0 Å². The zero-order valence-electron chi connectivity index (χ0n) is 18.2. The van der Waals surface area contributed by atoms with Crippen LogP contribution in [0.3, 0.4) is 0 Å². The number of rotatable bonds is 6. The second-order valence-corrected chi connectivity index (χ2v) is 8.10. The number of hydrogen-bond acceptors (Lipinski definition) is 4. The molecule has 3 aromatic carbocycles. The van der Waals surface area contributed by atoms with Gasteiger partial charge in [0.2, 0.25) is 5.69 Å². The van der Waals surface area contributed by atoms with Crippen molar-refractivity contribution < 1.29 is 9.18 Å². The highest BCUT2D eigenvalue weighted by Crippen LogP contribution is 2.13. The van der Waals surface area contributed by atoms with E-state index < -0.39 is 28.7 Å². The molecule has 0 spiro atoms. The van der Waals surface area contributed by atoms with Crippen molar-refractivity contribution in [3.63, 3.8) is 0 Å². The van der Waals surface area contributed by atoms with Crippen molar-refractivity contribution in [3.8, 4) is 5.69 Å². The molecule has 9 heteroatoms. The smallest absolute Gasteiger partial charge is 0.346 e. The molecular weight excluding hydrogens is 459 g/mol. The van der Waals surface area contributed by atoms with Crippen LogP contribution >= 0.6 is 11.6 Å². The molecule has 0 aliphatic carbocycles. The fourth-order valence-electron chi connectivity index (χ4n) is 3.36. The summed E-state index contributed by atoms with van der Waals surface area (Å²) in [5, 5.41) is 7.09. The van der Waals surface area contributed by atoms with Gasteiger partial charge in [-0.2, -0.15) is 9.78 Å². The Morgan fingerprint density at radius 1 is 1.00 bits per heavy atom. The Morgan fingerprint density at radius 2 is 1.74 bits per heavy atom. The number of carbonyl (C=O) groups is 1. The average molecular weight is 479 g/mol. The summed E-state index contributed by atoms with van der Waals surface area (Å²) in [5.74, 6) is -1.30. The number of amides is 1. The van der Waals surface area contributed by atoms with Gasteiger partial charge in [0, 0.05) is 17.6 Å². The Morgan fingerprint density at radius 3 is 2.44 bits per heavy atom. The summed E-state index contributed by atoms with van der Waals surface area (Å²) in [6.07, 6.45) is 0. The van der Waals surface area contributed by atoms with E-state index in [9.17, 15) is 18.8 Å². The summed E-state index contributed by atoms with van der Waals surface area (Å²) >= 11 is 6.04. The molecule has 1 aromatic heterocycles. The summed E-state index contributed by atoms with van der Waals surface area (Å²) < 4.78 is 16.0. The molecule has 1 heterocycles. The van der Waals surface area contributed by atoms with Crippen LogP contribution in [-0.2, 0) is 13.1 Å². The fraction of sp³-hybridized carbons (Fsp3) is 0.120. The number of nitrogens with one attached hydrogen (secondary N) is 1. The summed E-state index contributed by atoms with van der Waals surface area (Å²) in [6, 6.07) is 19.9. The molecule has 4 rings (SSSR count). The maximum Gasteiger partial charge on any atom is 0.352 e. The lowest BCUT2D eigenvalue weighted by molar-refractivity contribution is 0.0941. The van der Waals surface area contributed by atoms with Crippen molar-refractivity contribution in [2.24, 2.45) is 0 Å². The van der Waals surface area contributed by atoms with Gasteiger partial charge >= 0.3 is 5.69 Å². The lowest BCUT2D eigenvalue weighted by Crippen LogP contribution is -2.46. The normalized spacial score (nSPS) is 10.8. The van der Waals surface area contributed by atoms with E-state index in [4.69, 9.17) is 11.6 Å². The van der Waals surface area contributed by atoms with Crippen LogP contribution < -0.4 is 16.6 Å². The summed E-state index contributed by atoms with van der Waals surface area (Å²) in [6.45, 7) is 1.60. The van der Waals surface area contributed by atoms with Gasteiger partial charge in [0.05, 0.1) is 12.2 Å². The first-order chi connectivity index (χ1) is 16.3. The van der Waals surface area contributed by atoms with Crippen molar-refractivity contribution >= 4 is 17.5 Å². The van der Waals surface area contributed by atoms with Crippen LogP contribution in [0.2, 0.25) is 5.02 Å². The van der Waals surface area contributed by atoms with Crippen molar-refractivity contribution in [2.75, 3.05) is 0 Å². The molecule has 0 fully saturated rings. The second-order valence-electron chi connectivity index (χ2n) is 7.67. The molecule has 172 valence electrons. The summed E-state index contributed by atoms with van der Waals surface area (Å²) in [5.41, 5.74) is -0.292. The van der Waals surface area contributed by atoms with Crippen molar-refractivity contribution in [1.29, 1.82) is 0 Å². The second kappa shape index (κ2) is 9.84. The molecule has 0 aliphatic rings. The third-order valence-corrected chi connectivity index (χ3v) is 5.44. The van der Waals surface area contributed by atoms with E-state index >= 15 is 0 Å². The van der Waals surface area contributed by atoms with Crippen LogP contribution in [-0.4, -0.2) is 20.3 Å². The molecule has 1 N–H and O–H groups in total. The molecule has 0 bridgehead atoms. The topological polar surface area (TPSA) is 86.0 Å². The standard InChI is InChI=1S/C25H20ClFN4O3/c1-16-10-11-20(13-21(16)27)31-25(34)30(15-18-8-5-9-19(26)12-18)24(33)22(29-31)23(32)28-14-17-6-3-2-4-7-17/h2-13H,14-15H2,1H3,(H,28,32). The zero-order chi connectivity index (χ0) is 24.2. The number of halogens is 2. The Labute approximate surface area is 199 Å². The van der Waals surface area contributed by atoms with Crippen molar-refractivity contribution in [2.45, 2.75) is 20.0 Å². The van der Waals surface area contributed by atoms with Crippen LogP contribution in [0.1, 0.15) is 27.2 Å². The molecule has 34 heavy (non-hydrogen) atoms. The number of hydrogen-bond donors (Lipinski definition) is 1. The number of carbonyl (C=O) groups excluding carboxylic acids is 1. The predicted octanol–water partition coefficient (Wildman–Crippen LogP) is 3.47. The molecule has 0 aliphatic heterocycles. The highest BCUT2D eigenvalue weighted by Gasteiger charge is 2.21. The number of nitrogens with zero attached hydrogens (tertiary/aromatic N) is 3. The predicted molar refractivity (Wildman–Crippen MR) is 127 cm³/mol. The van der Waals surface area contributed by atoms with E-state index in [1.807, 2.05) is 30.3 Å².